The molecular formula is C8H5BrN4. The normalized spacial score (nSPS) is 8.62. The summed E-state index contributed by atoms with van der Waals surface area (Å²) in [6.45, 7) is 0.257. The molecule has 0 aliphatic rings. The number of halogens is 1. The first-order valence-corrected chi connectivity index (χ1v) is 4.26. The minimum absolute atomic E-state index is 0.257. The molecule has 13 heavy (non-hydrogen) atoms. The van der Waals surface area contributed by atoms with Gasteiger partial charge < -0.3 is 0 Å². The SMILES string of the molecule is N#Cc1ccc(Br)c(CN=[N+]=[N-])c1. The number of hydrogen-bond acceptors (Lipinski definition) is 2. The van der Waals surface area contributed by atoms with Gasteiger partial charge in [0, 0.05) is 9.38 Å². The molecule has 5 heteroatoms. The van der Waals surface area contributed by atoms with Gasteiger partial charge in [-0.2, -0.15) is 5.26 Å². The molecule has 0 aliphatic heterocycles. The molecule has 0 saturated carbocycles. The van der Waals surface area contributed by atoms with Crippen molar-refractivity contribution in [1.29, 1.82) is 5.26 Å². The van der Waals surface area contributed by atoms with Crippen LogP contribution in [0.2, 0.25) is 0 Å². The van der Waals surface area contributed by atoms with E-state index in [-0.39, 0.29) is 6.54 Å². The Bertz CT molecular complexity index is 401. The van der Waals surface area contributed by atoms with Crippen LogP contribution in [0, 0.1) is 11.3 Å². The topological polar surface area (TPSA) is 72.5 Å². The molecule has 0 spiro atoms. The summed E-state index contributed by atoms with van der Waals surface area (Å²) in [6, 6.07) is 7.17. The molecule has 1 rings (SSSR count). The molecule has 0 N–H and O–H groups in total. The van der Waals surface area contributed by atoms with Crippen LogP contribution in [0.15, 0.2) is 27.8 Å². The van der Waals surface area contributed by atoms with Crippen LogP contribution in [0.25, 0.3) is 10.4 Å². The Morgan fingerprint density at radius 1 is 1.62 bits per heavy atom. The third-order valence-corrected chi connectivity index (χ3v) is 2.25. The summed E-state index contributed by atoms with van der Waals surface area (Å²) >= 11 is 3.30. The van der Waals surface area contributed by atoms with Gasteiger partial charge in [-0.15, -0.1) is 0 Å². The number of azide groups is 1. The highest BCUT2D eigenvalue weighted by molar-refractivity contribution is 9.10. The Morgan fingerprint density at radius 2 is 2.38 bits per heavy atom. The average Bonchev–Trinajstić information content (AvgIpc) is 2.17. The minimum Gasteiger partial charge on any atom is -0.192 e. The van der Waals surface area contributed by atoms with Crippen molar-refractivity contribution in [3.63, 3.8) is 0 Å². The third kappa shape index (κ3) is 2.48. The van der Waals surface area contributed by atoms with E-state index in [1.807, 2.05) is 6.07 Å². The summed E-state index contributed by atoms with van der Waals surface area (Å²) in [6.07, 6.45) is 0. The van der Waals surface area contributed by atoms with Gasteiger partial charge in [-0.05, 0) is 29.3 Å². The van der Waals surface area contributed by atoms with Crippen LogP contribution in [-0.4, -0.2) is 0 Å². The Balaban J connectivity index is 3.05. The van der Waals surface area contributed by atoms with Crippen molar-refractivity contribution in [3.05, 3.63) is 44.2 Å². The predicted octanol–water partition coefficient (Wildman–Crippen LogP) is 3.13. The maximum atomic E-state index is 8.61. The van der Waals surface area contributed by atoms with E-state index in [4.69, 9.17) is 10.8 Å². The second kappa shape index (κ2) is 4.51. The second-order valence-corrected chi connectivity index (χ2v) is 3.16. The number of nitriles is 1. The molecule has 0 aliphatic carbocycles. The first kappa shape index (κ1) is 9.59. The Hall–Kier alpha value is -1.50. The van der Waals surface area contributed by atoms with Gasteiger partial charge >= 0.3 is 0 Å². The molecule has 0 heterocycles. The van der Waals surface area contributed by atoms with Gasteiger partial charge in [0.25, 0.3) is 0 Å². The number of rotatable bonds is 2. The zero-order valence-electron chi connectivity index (χ0n) is 6.61. The largest absolute Gasteiger partial charge is 0.192 e. The molecule has 0 unspecified atom stereocenters. The summed E-state index contributed by atoms with van der Waals surface area (Å²) in [5.74, 6) is 0. The summed E-state index contributed by atoms with van der Waals surface area (Å²) in [7, 11) is 0. The van der Waals surface area contributed by atoms with Gasteiger partial charge in [0.1, 0.15) is 0 Å². The van der Waals surface area contributed by atoms with Crippen LogP contribution in [-0.2, 0) is 6.54 Å². The standard InChI is InChI=1S/C8H5BrN4/c9-8-2-1-6(4-10)3-7(8)5-12-13-11/h1-3H,5H2. The average molecular weight is 237 g/mol. The fourth-order valence-corrected chi connectivity index (χ4v) is 1.25. The highest BCUT2D eigenvalue weighted by Gasteiger charge is 1.99. The van der Waals surface area contributed by atoms with E-state index >= 15 is 0 Å². The smallest absolute Gasteiger partial charge is 0.0991 e. The second-order valence-electron chi connectivity index (χ2n) is 2.31. The van der Waals surface area contributed by atoms with Gasteiger partial charge in [-0.1, -0.05) is 21.0 Å². The fourth-order valence-electron chi connectivity index (χ4n) is 0.873. The lowest BCUT2D eigenvalue weighted by atomic mass is 10.1. The third-order valence-electron chi connectivity index (χ3n) is 1.48. The molecule has 0 amide bonds. The highest BCUT2D eigenvalue weighted by Crippen LogP contribution is 2.18. The molecule has 0 aromatic heterocycles. The monoisotopic (exact) mass is 236 g/mol. The molecule has 1 aromatic rings. The minimum atomic E-state index is 0.257. The zero-order valence-corrected chi connectivity index (χ0v) is 8.19. The summed E-state index contributed by atoms with van der Waals surface area (Å²) in [5, 5.41) is 12.0. The lowest BCUT2D eigenvalue weighted by Gasteiger charge is -1.99. The van der Waals surface area contributed by atoms with Crippen LogP contribution in [0.5, 0.6) is 0 Å². The predicted molar refractivity (Wildman–Crippen MR) is 51.7 cm³/mol. The molecule has 0 bridgehead atoms. The Kier molecular flexibility index (Phi) is 3.32. The van der Waals surface area contributed by atoms with E-state index in [9.17, 15) is 0 Å². The van der Waals surface area contributed by atoms with Crippen LogP contribution >= 0.6 is 15.9 Å². The molecule has 4 nitrogen and oxygen atoms in total. The quantitative estimate of drug-likeness (QED) is 0.442. The van der Waals surface area contributed by atoms with E-state index in [2.05, 4.69) is 26.0 Å². The lowest BCUT2D eigenvalue weighted by Crippen LogP contribution is -1.84. The Morgan fingerprint density at radius 3 is 3.00 bits per heavy atom. The number of benzene rings is 1. The van der Waals surface area contributed by atoms with E-state index < -0.39 is 0 Å². The van der Waals surface area contributed by atoms with E-state index in [0.29, 0.717) is 5.56 Å². The molecular weight excluding hydrogens is 232 g/mol. The van der Waals surface area contributed by atoms with Crippen LogP contribution in [0.3, 0.4) is 0 Å². The number of nitrogens with zero attached hydrogens (tertiary/aromatic N) is 4. The first-order valence-electron chi connectivity index (χ1n) is 3.47. The first-order chi connectivity index (χ1) is 6.27. The molecule has 0 saturated heterocycles. The van der Waals surface area contributed by atoms with Crippen LogP contribution < -0.4 is 0 Å². The highest BCUT2D eigenvalue weighted by atomic mass is 79.9. The van der Waals surface area contributed by atoms with Crippen LogP contribution in [0.1, 0.15) is 11.1 Å². The van der Waals surface area contributed by atoms with E-state index in [1.54, 1.807) is 18.2 Å². The van der Waals surface area contributed by atoms with Crippen molar-refractivity contribution in [1.82, 2.24) is 0 Å². The molecule has 1 aromatic carbocycles. The van der Waals surface area contributed by atoms with Gasteiger partial charge in [-0.3, -0.25) is 0 Å². The Labute approximate surface area is 83.6 Å². The van der Waals surface area contributed by atoms with Crippen molar-refractivity contribution in [2.75, 3.05) is 0 Å². The molecule has 0 radical (unpaired) electrons. The lowest BCUT2D eigenvalue weighted by molar-refractivity contribution is 1.04. The van der Waals surface area contributed by atoms with Crippen molar-refractivity contribution >= 4 is 15.9 Å². The fraction of sp³-hybridized carbons (Fsp3) is 0.125. The zero-order chi connectivity index (χ0) is 9.68. The summed E-state index contributed by atoms with van der Waals surface area (Å²) < 4.78 is 0.846. The van der Waals surface area contributed by atoms with Gasteiger partial charge in [0.2, 0.25) is 0 Å². The molecule has 0 fully saturated rings. The summed E-state index contributed by atoms with van der Waals surface area (Å²) in [5.41, 5.74) is 9.50. The van der Waals surface area contributed by atoms with E-state index in [0.717, 1.165) is 10.0 Å². The van der Waals surface area contributed by atoms with Crippen molar-refractivity contribution in [2.45, 2.75) is 6.54 Å². The maximum absolute atomic E-state index is 8.61. The number of hydrogen-bond donors (Lipinski definition) is 0. The van der Waals surface area contributed by atoms with Crippen molar-refractivity contribution in [2.24, 2.45) is 5.11 Å². The van der Waals surface area contributed by atoms with E-state index in [1.165, 1.54) is 0 Å². The van der Waals surface area contributed by atoms with Crippen molar-refractivity contribution < 1.29 is 0 Å². The van der Waals surface area contributed by atoms with Gasteiger partial charge in [0.05, 0.1) is 18.2 Å². The van der Waals surface area contributed by atoms with Gasteiger partial charge in [-0.25, -0.2) is 0 Å². The van der Waals surface area contributed by atoms with Crippen molar-refractivity contribution in [3.8, 4) is 6.07 Å². The summed E-state index contributed by atoms with van der Waals surface area (Å²) in [4.78, 5) is 2.65. The van der Waals surface area contributed by atoms with Crippen LogP contribution in [0.4, 0.5) is 0 Å². The maximum Gasteiger partial charge on any atom is 0.0991 e. The molecule has 0 atom stereocenters. The van der Waals surface area contributed by atoms with Gasteiger partial charge in [0.15, 0.2) is 0 Å². The molecule has 64 valence electrons.